The maximum Gasteiger partial charge on any atom is 0.321 e. The fourth-order valence-corrected chi connectivity index (χ4v) is 3.10. The first-order valence-corrected chi connectivity index (χ1v) is 7.63. The van der Waals surface area contributed by atoms with E-state index in [2.05, 4.69) is 15.6 Å². The largest absolute Gasteiger partial charge is 0.497 e. The fourth-order valence-electron chi connectivity index (χ4n) is 2.21. The van der Waals surface area contributed by atoms with Crippen molar-refractivity contribution in [3.05, 3.63) is 18.2 Å². The number of methoxy groups -OCH3 is 1. The van der Waals surface area contributed by atoms with Crippen LogP contribution in [-0.4, -0.2) is 37.9 Å². The Hall–Kier alpha value is -1.86. The molecule has 2 heterocycles. The standard InChI is InChI=1S/C14H17N3O3S/c1-19-10-2-3-11-12(6-10)21-14(16-11)17-13(18)15-7-9-4-5-20-8-9/h2-3,6,9H,4-5,7-8H2,1H3,(H2,15,16,17,18)/t9-/m1/s1. The minimum absolute atomic E-state index is 0.229. The van der Waals surface area contributed by atoms with Crippen molar-refractivity contribution in [3.8, 4) is 5.75 Å². The van der Waals surface area contributed by atoms with Crippen molar-refractivity contribution >= 4 is 32.7 Å². The van der Waals surface area contributed by atoms with Gasteiger partial charge in [0.05, 0.1) is 23.9 Å². The Labute approximate surface area is 126 Å². The molecule has 0 radical (unpaired) electrons. The number of ether oxygens (including phenoxy) is 2. The van der Waals surface area contributed by atoms with Crippen molar-refractivity contribution < 1.29 is 14.3 Å². The van der Waals surface area contributed by atoms with Gasteiger partial charge in [0.1, 0.15) is 5.75 Å². The van der Waals surface area contributed by atoms with Crippen molar-refractivity contribution in [2.75, 3.05) is 32.2 Å². The van der Waals surface area contributed by atoms with E-state index >= 15 is 0 Å². The Morgan fingerprint density at radius 3 is 3.24 bits per heavy atom. The summed E-state index contributed by atoms with van der Waals surface area (Å²) in [5.41, 5.74) is 0.847. The zero-order valence-electron chi connectivity index (χ0n) is 11.7. The number of carbonyl (C=O) groups is 1. The quantitative estimate of drug-likeness (QED) is 0.910. The molecule has 0 aliphatic carbocycles. The van der Waals surface area contributed by atoms with Gasteiger partial charge in [-0.15, -0.1) is 0 Å². The first-order chi connectivity index (χ1) is 10.2. The van der Waals surface area contributed by atoms with Gasteiger partial charge < -0.3 is 14.8 Å². The van der Waals surface area contributed by atoms with E-state index < -0.39 is 0 Å². The molecule has 2 amide bonds. The van der Waals surface area contributed by atoms with Crippen LogP contribution in [0.15, 0.2) is 18.2 Å². The molecule has 1 fully saturated rings. The maximum absolute atomic E-state index is 11.8. The average molecular weight is 307 g/mol. The summed E-state index contributed by atoms with van der Waals surface area (Å²) < 4.78 is 11.4. The van der Waals surface area contributed by atoms with E-state index in [1.165, 1.54) is 11.3 Å². The van der Waals surface area contributed by atoms with Gasteiger partial charge in [-0.05, 0) is 24.6 Å². The average Bonchev–Trinajstić information content (AvgIpc) is 3.13. The monoisotopic (exact) mass is 307 g/mol. The van der Waals surface area contributed by atoms with Crippen LogP contribution in [0.3, 0.4) is 0 Å². The van der Waals surface area contributed by atoms with Gasteiger partial charge in [0, 0.05) is 19.1 Å². The Morgan fingerprint density at radius 1 is 1.57 bits per heavy atom. The second kappa shape index (κ2) is 6.28. The summed E-state index contributed by atoms with van der Waals surface area (Å²) in [7, 11) is 1.63. The minimum atomic E-state index is -0.229. The highest BCUT2D eigenvalue weighted by Gasteiger charge is 2.16. The lowest BCUT2D eigenvalue weighted by Gasteiger charge is -2.09. The van der Waals surface area contributed by atoms with Gasteiger partial charge in [-0.2, -0.15) is 0 Å². The zero-order chi connectivity index (χ0) is 14.7. The lowest BCUT2D eigenvalue weighted by Crippen LogP contribution is -2.33. The topological polar surface area (TPSA) is 72.5 Å². The molecule has 1 aromatic heterocycles. The molecule has 1 atom stereocenters. The van der Waals surface area contributed by atoms with E-state index in [-0.39, 0.29) is 6.03 Å². The summed E-state index contributed by atoms with van der Waals surface area (Å²) in [6, 6.07) is 5.41. The van der Waals surface area contributed by atoms with Crippen molar-refractivity contribution in [1.29, 1.82) is 0 Å². The van der Waals surface area contributed by atoms with E-state index in [0.717, 1.165) is 35.6 Å². The molecule has 1 aliphatic rings. The summed E-state index contributed by atoms with van der Waals surface area (Å²) in [6.07, 6.45) is 1.00. The van der Waals surface area contributed by atoms with Crippen LogP contribution in [0.5, 0.6) is 5.75 Å². The number of urea groups is 1. The smallest absolute Gasteiger partial charge is 0.321 e. The molecule has 7 heteroatoms. The van der Waals surface area contributed by atoms with Gasteiger partial charge in [-0.1, -0.05) is 11.3 Å². The number of nitrogens with zero attached hydrogens (tertiary/aromatic N) is 1. The van der Waals surface area contributed by atoms with Crippen LogP contribution in [0.4, 0.5) is 9.93 Å². The van der Waals surface area contributed by atoms with Crippen LogP contribution in [-0.2, 0) is 4.74 Å². The number of anilines is 1. The lowest BCUT2D eigenvalue weighted by molar-refractivity contribution is 0.185. The van der Waals surface area contributed by atoms with E-state index in [0.29, 0.717) is 17.6 Å². The summed E-state index contributed by atoms with van der Waals surface area (Å²) in [6.45, 7) is 2.14. The Bertz CT molecular complexity index is 637. The van der Waals surface area contributed by atoms with Gasteiger partial charge in [-0.3, -0.25) is 5.32 Å². The van der Waals surface area contributed by atoms with Crippen LogP contribution in [0.1, 0.15) is 6.42 Å². The molecule has 1 saturated heterocycles. The van der Waals surface area contributed by atoms with E-state index in [9.17, 15) is 4.79 Å². The summed E-state index contributed by atoms with van der Waals surface area (Å²) >= 11 is 1.43. The number of aromatic nitrogens is 1. The first-order valence-electron chi connectivity index (χ1n) is 6.82. The highest BCUT2D eigenvalue weighted by atomic mass is 32.1. The second-order valence-electron chi connectivity index (χ2n) is 4.92. The second-order valence-corrected chi connectivity index (χ2v) is 5.95. The normalized spacial score (nSPS) is 17.9. The van der Waals surface area contributed by atoms with Gasteiger partial charge >= 0.3 is 6.03 Å². The fraction of sp³-hybridized carbons (Fsp3) is 0.429. The highest BCUT2D eigenvalue weighted by Crippen LogP contribution is 2.29. The van der Waals surface area contributed by atoms with Crippen LogP contribution in [0.2, 0.25) is 0 Å². The van der Waals surface area contributed by atoms with Crippen molar-refractivity contribution in [1.82, 2.24) is 10.3 Å². The molecule has 0 saturated carbocycles. The van der Waals surface area contributed by atoms with Gasteiger partial charge in [-0.25, -0.2) is 9.78 Å². The SMILES string of the molecule is COc1ccc2nc(NC(=O)NC[C@H]3CCOC3)sc2c1. The molecule has 6 nitrogen and oxygen atoms in total. The third-order valence-electron chi connectivity index (χ3n) is 3.39. The van der Waals surface area contributed by atoms with Gasteiger partial charge in [0.25, 0.3) is 0 Å². The molecule has 3 rings (SSSR count). The molecule has 2 aromatic rings. The number of nitrogens with one attached hydrogen (secondary N) is 2. The van der Waals surface area contributed by atoms with Gasteiger partial charge in [0.2, 0.25) is 0 Å². The van der Waals surface area contributed by atoms with E-state index in [1.54, 1.807) is 7.11 Å². The molecule has 0 bridgehead atoms. The predicted octanol–water partition coefficient (Wildman–Crippen LogP) is 2.46. The molecule has 0 spiro atoms. The number of rotatable bonds is 4. The summed E-state index contributed by atoms with van der Waals surface area (Å²) in [4.78, 5) is 16.2. The molecule has 1 aromatic carbocycles. The molecule has 0 unspecified atom stereocenters. The Morgan fingerprint density at radius 2 is 2.48 bits per heavy atom. The number of fused-ring (bicyclic) bond motifs is 1. The van der Waals surface area contributed by atoms with Crippen molar-refractivity contribution in [2.24, 2.45) is 5.92 Å². The summed E-state index contributed by atoms with van der Waals surface area (Å²) in [5, 5.41) is 6.20. The van der Waals surface area contributed by atoms with Crippen molar-refractivity contribution in [3.63, 3.8) is 0 Å². The van der Waals surface area contributed by atoms with Crippen LogP contribution >= 0.6 is 11.3 Å². The molecule has 2 N–H and O–H groups in total. The molecule has 112 valence electrons. The summed E-state index contributed by atoms with van der Waals surface area (Å²) in [5.74, 6) is 1.19. The number of thiazole rings is 1. The number of hydrogen-bond donors (Lipinski definition) is 2. The van der Waals surface area contributed by atoms with Crippen LogP contribution in [0.25, 0.3) is 10.2 Å². The third-order valence-corrected chi connectivity index (χ3v) is 4.32. The van der Waals surface area contributed by atoms with Crippen LogP contribution in [0, 0.1) is 5.92 Å². The van der Waals surface area contributed by atoms with E-state index in [4.69, 9.17) is 9.47 Å². The first kappa shape index (κ1) is 14.1. The zero-order valence-corrected chi connectivity index (χ0v) is 12.5. The van der Waals surface area contributed by atoms with Crippen molar-refractivity contribution in [2.45, 2.75) is 6.42 Å². The van der Waals surface area contributed by atoms with E-state index in [1.807, 2.05) is 18.2 Å². The minimum Gasteiger partial charge on any atom is -0.497 e. The lowest BCUT2D eigenvalue weighted by atomic mass is 10.1. The van der Waals surface area contributed by atoms with Crippen LogP contribution < -0.4 is 15.4 Å². The molecule has 21 heavy (non-hydrogen) atoms. The third kappa shape index (κ3) is 3.43. The number of amides is 2. The number of hydrogen-bond acceptors (Lipinski definition) is 5. The highest BCUT2D eigenvalue weighted by molar-refractivity contribution is 7.22. The maximum atomic E-state index is 11.8. The molecular weight excluding hydrogens is 290 g/mol. The molecule has 1 aliphatic heterocycles. The Balaban J connectivity index is 1.59. The molecular formula is C14H17N3O3S. The van der Waals surface area contributed by atoms with Gasteiger partial charge in [0.15, 0.2) is 5.13 Å². The number of benzene rings is 1. The predicted molar refractivity (Wildman–Crippen MR) is 82.1 cm³/mol. The Kier molecular flexibility index (Phi) is 4.21. The number of carbonyl (C=O) groups excluding carboxylic acids is 1.